The maximum Gasteiger partial charge on any atom is 0.295 e. The van der Waals surface area contributed by atoms with Crippen molar-refractivity contribution in [2.24, 2.45) is 11.8 Å². The molecule has 1 amide bonds. The van der Waals surface area contributed by atoms with Crippen molar-refractivity contribution in [2.75, 3.05) is 4.90 Å². The summed E-state index contributed by atoms with van der Waals surface area (Å²) in [5, 5.41) is 0.998. The van der Waals surface area contributed by atoms with Crippen LogP contribution in [-0.4, -0.2) is 17.5 Å². The Morgan fingerprint density at radius 1 is 0.962 bits per heavy atom. The summed E-state index contributed by atoms with van der Waals surface area (Å²) in [6, 6.07) is 13.0. The summed E-state index contributed by atoms with van der Waals surface area (Å²) in [5.41, 5.74) is 1.20. The number of anilines is 1. The molecule has 0 spiro atoms. The highest BCUT2D eigenvalue weighted by atomic mass is 35.5. The van der Waals surface area contributed by atoms with E-state index in [2.05, 4.69) is 0 Å². The molecule has 2 aromatic carbocycles. The Balaban J connectivity index is 1.84. The maximum absolute atomic E-state index is 12.8. The van der Waals surface area contributed by atoms with Crippen molar-refractivity contribution in [3.05, 3.63) is 64.1 Å². The van der Waals surface area contributed by atoms with E-state index >= 15 is 0 Å². The lowest BCUT2D eigenvalue weighted by Gasteiger charge is -2.27. The average molecular weight is 388 g/mol. The van der Waals surface area contributed by atoms with Gasteiger partial charge in [-0.1, -0.05) is 41.4 Å². The highest BCUT2D eigenvalue weighted by Gasteiger charge is 2.54. The van der Waals surface area contributed by atoms with Gasteiger partial charge in [0, 0.05) is 21.7 Å². The number of ketones is 2. The van der Waals surface area contributed by atoms with Crippen molar-refractivity contribution < 1.29 is 14.4 Å². The molecular weight excluding hydrogens is 373 g/mol. The molecule has 0 aromatic heterocycles. The lowest BCUT2D eigenvalue weighted by molar-refractivity contribution is -0.139. The zero-order chi connectivity index (χ0) is 18.4. The van der Waals surface area contributed by atoms with Gasteiger partial charge >= 0.3 is 0 Å². The van der Waals surface area contributed by atoms with Crippen LogP contribution in [0.1, 0.15) is 24.4 Å². The minimum Gasteiger partial charge on any atom is -0.298 e. The molecule has 1 aliphatic heterocycles. The van der Waals surface area contributed by atoms with Crippen LogP contribution >= 0.6 is 23.2 Å². The molecule has 1 saturated heterocycles. The Morgan fingerprint density at radius 3 is 2.27 bits per heavy atom. The molecule has 2 atom stereocenters. The molecule has 0 bridgehead atoms. The van der Waals surface area contributed by atoms with Gasteiger partial charge in [-0.2, -0.15) is 0 Å². The fourth-order valence-corrected chi connectivity index (χ4v) is 3.79. The van der Waals surface area contributed by atoms with Crippen molar-refractivity contribution in [1.29, 1.82) is 0 Å². The Morgan fingerprint density at radius 2 is 1.65 bits per heavy atom. The summed E-state index contributed by atoms with van der Waals surface area (Å²) in [6.07, 6.45) is 1.56. The highest BCUT2D eigenvalue weighted by molar-refractivity contribution is 6.48. The molecule has 1 heterocycles. The molecule has 132 valence electrons. The van der Waals surface area contributed by atoms with Crippen LogP contribution in [0.4, 0.5) is 5.69 Å². The minimum atomic E-state index is -0.991. The van der Waals surface area contributed by atoms with Gasteiger partial charge in [-0.25, -0.2) is 0 Å². The number of carbonyl (C=O) groups is 3. The molecule has 2 unspecified atom stereocenters. The fraction of sp³-hybridized carbons (Fsp3) is 0.250. The van der Waals surface area contributed by atoms with Gasteiger partial charge in [-0.05, 0) is 48.7 Å². The highest BCUT2D eigenvalue weighted by Crippen LogP contribution is 2.45. The van der Waals surface area contributed by atoms with Crippen LogP contribution in [-0.2, 0) is 14.4 Å². The lowest BCUT2D eigenvalue weighted by atomic mass is 9.87. The van der Waals surface area contributed by atoms with E-state index in [1.54, 1.807) is 48.5 Å². The van der Waals surface area contributed by atoms with E-state index in [4.69, 9.17) is 23.2 Å². The average Bonchev–Trinajstić information content (AvgIpc) is 3.43. The number of benzene rings is 2. The summed E-state index contributed by atoms with van der Waals surface area (Å²) in [7, 11) is 0. The second-order valence-corrected chi connectivity index (χ2v) is 7.54. The van der Waals surface area contributed by atoms with E-state index in [0.717, 1.165) is 12.8 Å². The molecule has 4 rings (SSSR count). The van der Waals surface area contributed by atoms with Crippen molar-refractivity contribution in [3.8, 4) is 0 Å². The SMILES string of the molecule is O=C1C(=O)N(c2cccc(Cl)c2)C(c2ccc(Cl)cc2)C1C(=O)C1CC1. The molecule has 2 aromatic rings. The predicted molar refractivity (Wildman–Crippen MR) is 99.4 cm³/mol. The quantitative estimate of drug-likeness (QED) is 0.582. The second kappa shape index (κ2) is 6.53. The van der Waals surface area contributed by atoms with Crippen LogP contribution in [0.5, 0.6) is 0 Å². The summed E-state index contributed by atoms with van der Waals surface area (Å²) >= 11 is 12.1. The van der Waals surface area contributed by atoms with E-state index in [0.29, 0.717) is 21.3 Å². The van der Waals surface area contributed by atoms with Gasteiger partial charge < -0.3 is 0 Å². The Kier molecular flexibility index (Phi) is 4.33. The summed E-state index contributed by atoms with van der Waals surface area (Å²) < 4.78 is 0. The zero-order valence-electron chi connectivity index (χ0n) is 13.7. The fourth-order valence-electron chi connectivity index (χ4n) is 3.48. The number of halogens is 2. The molecular formula is C20H15Cl2NO3. The molecule has 1 aliphatic carbocycles. The van der Waals surface area contributed by atoms with Gasteiger partial charge in [-0.15, -0.1) is 0 Å². The largest absolute Gasteiger partial charge is 0.298 e. The number of amides is 1. The third-order valence-electron chi connectivity index (χ3n) is 4.89. The van der Waals surface area contributed by atoms with Crippen molar-refractivity contribution in [1.82, 2.24) is 0 Å². The summed E-state index contributed by atoms with van der Waals surface area (Å²) in [6.45, 7) is 0. The number of carbonyl (C=O) groups excluding carboxylic acids is 3. The molecule has 0 N–H and O–H groups in total. The van der Waals surface area contributed by atoms with Gasteiger partial charge in [0.25, 0.3) is 5.91 Å². The lowest BCUT2D eigenvalue weighted by Crippen LogP contribution is -2.30. The van der Waals surface area contributed by atoms with Crippen LogP contribution in [0, 0.1) is 11.8 Å². The first-order valence-electron chi connectivity index (χ1n) is 8.39. The van der Waals surface area contributed by atoms with E-state index in [-0.39, 0.29) is 11.7 Å². The molecule has 1 saturated carbocycles. The number of rotatable bonds is 4. The first-order valence-corrected chi connectivity index (χ1v) is 9.15. The van der Waals surface area contributed by atoms with Gasteiger partial charge in [-0.3, -0.25) is 19.3 Å². The third kappa shape index (κ3) is 2.93. The van der Waals surface area contributed by atoms with Crippen molar-refractivity contribution >= 4 is 46.4 Å². The smallest absolute Gasteiger partial charge is 0.295 e. The molecule has 26 heavy (non-hydrogen) atoms. The zero-order valence-corrected chi connectivity index (χ0v) is 15.2. The first kappa shape index (κ1) is 17.3. The monoisotopic (exact) mass is 387 g/mol. The number of hydrogen-bond donors (Lipinski definition) is 0. The van der Waals surface area contributed by atoms with E-state index in [9.17, 15) is 14.4 Å². The molecule has 6 heteroatoms. The van der Waals surface area contributed by atoms with Crippen LogP contribution in [0.3, 0.4) is 0 Å². The van der Waals surface area contributed by atoms with Crippen molar-refractivity contribution in [2.45, 2.75) is 18.9 Å². The Labute approximate surface area is 160 Å². The van der Waals surface area contributed by atoms with E-state index in [1.807, 2.05) is 0 Å². The minimum absolute atomic E-state index is 0.120. The van der Waals surface area contributed by atoms with Gasteiger partial charge in [0.2, 0.25) is 5.78 Å². The normalized spacial score (nSPS) is 22.8. The van der Waals surface area contributed by atoms with Crippen molar-refractivity contribution in [3.63, 3.8) is 0 Å². The Bertz CT molecular complexity index is 906. The van der Waals surface area contributed by atoms with Gasteiger partial charge in [0.1, 0.15) is 11.7 Å². The standard InChI is InChI=1S/C20H15Cl2NO3/c21-13-8-6-11(7-9-13)17-16(18(24)12-4-5-12)19(25)20(26)23(17)15-3-1-2-14(22)10-15/h1-3,6-10,12,16-17H,4-5H2. The van der Waals surface area contributed by atoms with Crippen LogP contribution in [0.15, 0.2) is 48.5 Å². The maximum atomic E-state index is 12.8. The molecule has 4 nitrogen and oxygen atoms in total. The summed E-state index contributed by atoms with van der Waals surface area (Å²) in [5.74, 6) is -2.58. The number of nitrogens with zero attached hydrogens (tertiary/aromatic N) is 1. The van der Waals surface area contributed by atoms with E-state index in [1.165, 1.54) is 4.90 Å². The number of Topliss-reactive ketones (excluding diaryl/α,β-unsaturated/α-hetero) is 2. The van der Waals surface area contributed by atoms with Crippen LogP contribution < -0.4 is 4.90 Å². The first-order chi connectivity index (χ1) is 12.5. The van der Waals surface area contributed by atoms with Crippen LogP contribution in [0.25, 0.3) is 0 Å². The topological polar surface area (TPSA) is 54.5 Å². The molecule has 2 fully saturated rings. The third-order valence-corrected chi connectivity index (χ3v) is 5.38. The van der Waals surface area contributed by atoms with E-state index < -0.39 is 23.7 Å². The Hall–Kier alpha value is -2.17. The summed E-state index contributed by atoms with van der Waals surface area (Å²) in [4.78, 5) is 39.7. The predicted octanol–water partition coefficient (Wildman–Crippen LogP) is 4.25. The molecule has 2 aliphatic rings. The van der Waals surface area contributed by atoms with Gasteiger partial charge in [0.05, 0.1) is 6.04 Å². The van der Waals surface area contributed by atoms with Gasteiger partial charge in [0.15, 0.2) is 0 Å². The molecule has 0 radical (unpaired) electrons. The second-order valence-electron chi connectivity index (χ2n) is 6.67. The number of hydrogen-bond acceptors (Lipinski definition) is 3. The van der Waals surface area contributed by atoms with Crippen LogP contribution in [0.2, 0.25) is 10.0 Å².